The first-order valence-corrected chi connectivity index (χ1v) is 7.87. The van der Waals surface area contributed by atoms with E-state index in [0.717, 1.165) is 10.2 Å². The van der Waals surface area contributed by atoms with Gasteiger partial charge in [0.2, 0.25) is 11.8 Å². The van der Waals surface area contributed by atoms with E-state index in [9.17, 15) is 9.59 Å². The summed E-state index contributed by atoms with van der Waals surface area (Å²) in [5, 5.41) is 2.80. The van der Waals surface area contributed by atoms with E-state index < -0.39 is 5.92 Å². The molecule has 22 heavy (non-hydrogen) atoms. The highest BCUT2D eigenvalue weighted by molar-refractivity contribution is 9.10. The van der Waals surface area contributed by atoms with Crippen molar-refractivity contribution in [1.29, 1.82) is 0 Å². The Labute approximate surface area is 137 Å². The Balaban J connectivity index is 1.72. The monoisotopic (exact) mass is 358 g/mol. The van der Waals surface area contributed by atoms with E-state index >= 15 is 0 Å². The lowest BCUT2D eigenvalue weighted by molar-refractivity contribution is -0.129. The summed E-state index contributed by atoms with van der Waals surface area (Å²) in [6.07, 6.45) is 0.532. The SMILES string of the molecule is O=C(Nc1ccccc1)C1CCN(c2cccc(Br)c2)C1=O. The number of amides is 2. The number of carbonyl (C=O) groups excluding carboxylic acids is 2. The minimum Gasteiger partial charge on any atom is -0.325 e. The summed E-state index contributed by atoms with van der Waals surface area (Å²) in [6.45, 7) is 0.558. The number of halogens is 1. The highest BCUT2D eigenvalue weighted by Gasteiger charge is 2.37. The van der Waals surface area contributed by atoms with Gasteiger partial charge in [-0.05, 0) is 36.8 Å². The van der Waals surface area contributed by atoms with Gasteiger partial charge in [-0.2, -0.15) is 0 Å². The average Bonchev–Trinajstić information content (AvgIpc) is 2.90. The zero-order chi connectivity index (χ0) is 15.5. The van der Waals surface area contributed by atoms with Crippen molar-refractivity contribution >= 4 is 39.1 Å². The van der Waals surface area contributed by atoms with E-state index in [4.69, 9.17) is 0 Å². The van der Waals surface area contributed by atoms with Gasteiger partial charge in [0.25, 0.3) is 0 Å². The van der Waals surface area contributed by atoms with Crippen molar-refractivity contribution in [3.05, 3.63) is 59.1 Å². The van der Waals surface area contributed by atoms with Crippen molar-refractivity contribution in [2.24, 2.45) is 5.92 Å². The zero-order valence-corrected chi connectivity index (χ0v) is 13.4. The van der Waals surface area contributed by atoms with Crippen LogP contribution >= 0.6 is 15.9 Å². The third-order valence-corrected chi connectivity index (χ3v) is 4.18. The number of nitrogens with one attached hydrogen (secondary N) is 1. The molecular formula is C17H15BrN2O2. The lowest BCUT2D eigenvalue weighted by Crippen LogP contribution is -2.33. The van der Waals surface area contributed by atoms with Gasteiger partial charge in [0.15, 0.2) is 0 Å². The average molecular weight is 359 g/mol. The van der Waals surface area contributed by atoms with Gasteiger partial charge in [0.1, 0.15) is 5.92 Å². The summed E-state index contributed by atoms with van der Waals surface area (Å²) in [5.74, 6) is -1.01. The minimum atomic E-state index is -0.626. The molecule has 0 spiro atoms. The van der Waals surface area contributed by atoms with Crippen LogP contribution < -0.4 is 10.2 Å². The van der Waals surface area contributed by atoms with Crippen LogP contribution in [0.1, 0.15) is 6.42 Å². The van der Waals surface area contributed by atoms with Crippen molar-refractivity contribution in [3.8, 4) is 0 Å². The number of nitrogens with zero attached hydrogens (tertiary/aromatic N) is 1. The van der Waals surface area contributed by atoms with Crippen molar-refractivity contribution in [2.75, 3.05) is 16.8 Å². The van der Waals surface area contributed by atoms with Gasteiger partial charge in [0, 0.05) is 22.4 Å². The summed E-state index contributed by atoms with van der Waals surface area (Å²) in [5.41, 5.74) is 1.52. The fourth-order valence-corrected chi connectivity index (χ4v) is 2.96. The van der Waals surface area contributed by atoms with Crippen LogP contribution in [0.3, 0.4) is 0 Å². The van der Waals surface area contributed by atoms with E-state index in [0.29, 0.717) is 18.7 Å². The van der Waals surface area contributed by atoms with E-state index in [1.807, 2.05) is 54.6 Å². The van der Waals surface area contributed by atoms with E-state index in [1.54, 1.807) is 4.90 Å². The predicted molar refractivity (Wildman–Crippen MR) is 89.7 cm³/mol. The second-order valence-corrected chi connectivity index (χ2v) is 6.08. The normalized spacial score (nSPS) is 17.6. The van der Waals surface area contributed by atoms with Crippen molar-refractivity contribution < 1.29 is 9.59 Å². The topological polar surface area (TPSA) is 49.4 Å². The largest absolute Gasteiger partial charge is 0.325 e. The molecule has 1 aliphatic heterocycles. The number of hydrogen-bond donors (Lipinski definition) is 1. The Morgan fingerprint density at radius 2 is 1.91 bits per heavy atom. The van der Waals surface area contributed by atoms with E-state index in [1.165, 1.54) is 0 Å². The summed E-state index contributed by atoms with van der Waals surface area (Å²) in [7, 11) is 0. The molecule has 5 heteroatoms. The Hall–Kier alpha value is -2.14. The van der Waals surface area contributed by atoms with Gasteiger partial charge in [-0.3, -0.25) is 9.59 Å². The molecular weight excluding hydrogens is 344 g/mol. The molecule has 0 aliphatic carbocycles. The third kappa shape index (κ3) is 3.04. The Kier molecular flexibility index (Phi) is 4.24. The smallest absolute Gasteiger partial charge is 0.239 e. The Morgan fingerprint density at radius 1 is 1.14 bits per heavy atom. The number of anilines is 2. The lowest BCUT2D eigenvalue weighted by atomic mass is 10.1. The first kappa shape index (κ1) is 14.8. The maximum atomic E-state index is 12.5. The molecule has 1 atom stereocenters. The molecule has 1 fully saturated rings. The van der Waals surface area contributed by atoms with Crippen LogP contribution in [-0.4, -0.2) is 18.4 Å². The first-order chi connectivity index (χ1) is 10.6. The molecule has 2 aromatic carbocycles. The highest BCUT2D eigenvalue weighted by Crippen LogP contribution is 2.28. The molecule has 0 radical (unpaired) electrons. The van der Waals surface area contributed by atoms with E-state index in [-0.39, 0.29) is 11.8 Å². The molecule has 1 unspecified atom stereocenters. The summed E-state index contributed by atoms with van der Waals surface area (Å²) < 4.78 is 0.912. The summed E-state index contributed by atoms with van der Waals surface area (Å²) in [6, 6.07) is 16.7. The molecule has 0 saturated carbocycles. The van der Waals surface area contributed by atoms with Gasteiger partial charge in [-0.25, -0.2) is 0 Å². The number of hydrogen-bond acceptors (Lipinski definition) is 2. The summed E-state index contributed by atoms with van der Waals surface area (Å²) in [4.78, 5) is 26.5. The Morgan fingerprint density at radius 3 is 2.64 bits per heavy atom. The number of benzene rings is 2. The van der Waals surface area contributed by atoms with Gasteiger partial charge in [-0.15, -0.1) is 0 Å². The molecule has 2 amide bonds. The highest BCUT2D eigenvalue weighted by atomic mass is 79.9. The van der Waals surface area contributed by atoms with Crippen molar-refractivity contribution in [2.45, 2.75) is 6.42 Å². The van der Waals surface area contributed by atoms with Crippen LogP contribution in [-0.2, 0) is 9.59 Å². The maximum Gasteiger partial charge on any atom is 0.239 e. The number of carbonyl (C=O) groups is 2. The molecule has 0 bridgehead atoms. The predicted octanol–water partition coefficient (Wildman–Crippen LogP) is 3.44. The lowest BCUT2D eigenvalue weighted by Gasteiger charge is -2.17. The molecule has 112 valence electrons. The maximum absolute atomic E-state index is 12.5. The molecule has 4 nitrogen and oxygen atoms in total. The second-order valence-electron chi connectivity index (χ2n) is 5.17. The van der Waals surface area contributed by atoms with Gasteiger partial charge >= 0.3 is 0 Å². The molecule has 3 rings (SSSR count). The number of rotatable bonds is 3. The first-order valence-electron chi connectivity index (χ1n) is 7.08. The van der Waals surface area contributed by atoms with E-state index in [2.05, 4.69) is 21.2 Å². The minimum absolute atomic E-state index is 0.147. The van der Waals surface area contributed by atoms with Crippen LogP contribution in [0.5, 0.6) is 0 Å². The van der Waals surface area contributed by atoms with Gasteiger partial charge in [-0.1, -0.05) is 40.2 Å². The van der Waals surface area contributed by atoms with Crippen LogP contribution in [0.25, 0.3) is 0 Å². The van der Waals surface area contributed by atoms with Crippen LogP contribution in [0.2, 0.25) is 0 Å². The molecule has 1 N–H and O–H groups in total. The second kappa shape index (κ2) is 6.32. The number of para-hydroxylation sites is 1. The standard InChI is InChI=1S/C17H15BrN2O2/c18-12-5-4-8-14(11-12)20-10-9-15(17(20)22)16(21)19-13-6-2-1-3-7-13/h1-8,11,15H,9-10H2,(H,19,21). The summed E-state index contributed by atoms with van der Waals surface area (Å²) >= 11 is 3.40. The molecule has 1 aliphatic rings. The fourth-order valence-electron chi connectivity index (χ4n) is 2.57. The molecule has 2 aromatic rings. The van der Waals surface area contributed by atoms with Crippen molar-refractivity contribution in [3.63, 3.8) is 0 Å². The molecule has 1 saturated heterocycles. The van der Waals surface area contributed by atoms with Crippen LogP contribution in [0.4, 0.5) is 11.4 Å². The molecule has 0 aromatic heterocycles. The van der Waals surface area contributed by atoms with Crippen LogP contribution in [0.15, 0.2) is 59.1 Å². The van der Waals surface area contributed by atoms with Crippen LogP contribution in [0, 0.1) is 5.92 Å². The molecule has 1 heterocycles. The third-order valence-electron chi connectivity index (χ3n) is 3.68. The fraction of sp³-hybridized carbons (Fsp3) is 0.176. The quantitative estimate of drug-likeness (QED) is 0.854. The van der Waals surface area contributed by atoms with Crippen molar-refractivity contribution in [1.82, 2.24) is 0 Å². The van der Waals surface area contributed by atoms with Gasteiger partial charge in [0.05, 0.1) is 0 Å². The zero-order valence-electron chi connectivity index (χ0n) is 11.8. The Bertz CT molecular complexity index is 703. The van der Waals surface area contributed by atoms with Gasteiger partial charge < -0.3 is 10.2 Å².